The quantitative estimate of drug-likeness (QED) is 0.904. The predicted octanol–water partition coefficient (Wildman–Crippen LogP) is 2.39. The number of hydrogen-bond donors (Lipinski definition) is 1. The fourth-order valence-electron chi connectivity index (χ4n) is 3.34. The van der Waals surface area contributed by atoms with Crippen molar-refractivity contribution >= 4 is 5.91 Å². The van der Waals surface area contributed by atoms with Crippen molar-refractivity contribution in [3.05, 3.63) is 41.8 Å². The largest absolute Gasteiger partial charge is 0.489 e. The highest BCUT2D eigenvalue weighted by molar-refractivity contribution is 5.81. The Kier molecular flexibility index (Phi) is 3.92. The summed E-state index contributed by atoms with van der Waals surface area (Å²) >= 11 is 0. The Bertz CT molecular complexity index is 701. The molecule has 3 atom stereocenters. The van der Waals surface area contributed by atoms with E-state index in [2.05, 4.69) is 9.97 Å². The number of nitrogens with two attached hydrogens (primary N) is 1. The molecule has 1 unspecified atom stereocenters. The summed E-state index contributed by atoms with van der Waals surface area (Å²) in [5.41, 5.74) is 5.79. The molecule has 3 rings (SSSR count). The number of hydrogen-bond acceptors (Lipinski definition) is 4. The summed E-state index contributed by atoms with van der Waals surface area (Å²) < 4.78 is 19.5. The van der Waals surface area contributed by atoms with Crippen LogP contribution in [0.3, 0.4) is 0 Å². The Morgan fingerprint density at radius 1 is 1.52 bits per heavy atom. The van der Waals surface area contributed by atoms with Gasteiger partial charge in [-0.1, -0.05) is 12.2 Å². The standard InChI is InChI=1S/C17H20FN3O2/c1-10-15(8-20-11(2)21-10)23-9-17(7-14(17)16(19)22)12-4-3-5-13(18)6-12/h3-5,8,12,14H,6-7,9H2,1-2H3,(H2,19,22)/t12?,14-,17+/m0/s1. The molecule has 1 aromatic heterocycles. The fourth-order valence-corrected chi connectivity index (χ4v) is 3.34. The van der Waals surface area contributed by atoms with E-state index in [1.54, 1.807) is 12.3 Å². The Labute approximate surface area is 134 Å². The summed E-state index contributed by atoms with van der Waals surface area (Å²) in [6.07, 6.45) is 7.62. The zero-order valence-electron chi connectivity index (χ0n) is 13.3. The van der Waals surface area contributed by atoms with E-state index < -0.39 is 5.41 Å². The molecule has 1 fully saturated rings. The van der Waals surface area contributed by atoms with Gasteiger partial charge in [0, 0.05) is 17.8 Å². The maximum Gasteiger partial charge on any atom is 0.221 e. The minimum absolute atomic E-state index is 0.0864. The molecule has 1 heterocycles. The van der Waals surface area contributed by atoms with Gasteiger partial charge in [0.15, 0.2) is 5.75 Å². The molecule has 0 saturated heterocycles. The van der Waals surface area contributed by atoms with Crippen LogP contribution >= 0.6 is 0 Å². The van der Waals surface area contributed by atoms with Crippen molar-refractivity contribution in [1.29, 1.82) is 0 Å². The van der Waals surface area contributed by atoms with Gasteiger partial charge in [-0.15, -0.1) is 0 Å². The Balaban J connectivity index is 1.77. The molecule has 0 aromatic carbocycles. The van der Waals surface area contributed by atoms with Crippen LogP contribution in [0.15, 0.2) is 30.3 Å². The molecule has 2 aliphatic rings. The van der Waals surface area contributed by atoms with Crippen molar-refractivity contribution in [3.63, 3.8) is 0 Å². The normalized spacial score (nSPS) is 29.1. The van der Waals surface area contributed by atoms with Gasteiger partial charge < -0.3 is 10.5 Å². The molecule has 5 nitrogen and oxygen atoms in total. The first-order chi connectivity index (χ1) is 10.9. The van der Waals surface area contributed by atoms with Crippen molar-refractivity contribution in [2.45, 2.75) is 26.7 Å². The molecule has 2 aliphatic carbocycles. The minimum atomic E-state index is -0.439. The lowest BCUT2D eigenvalue weighted by molar-refractivity contribution is -0.120. The number of halogens is 1. The summed E-state index contributed by atoms with van der Waals surface area (Å²) in [5, 5.41) is 0. The predicted molar refractivity (Wildman–Crippen MR) is 83.2 cm³/mol. The maximum atomic E-state index is 13.6. The molecule has 6 heteroatoms. The van der Waals surface area contributed by atoms with Crippen LogP contribution in [0.25, 0.3) is 0 Å². The molecule has 122 valence electrons. The Hall–Kier alpha value is -2.24. The average Bonchev–Trinajstić information content (AvgIpc) is 3.23. The van der Waals surface area contributed by atoms with E-state index in [1.807, 2.05) is 19.9 Å². The number of rotatable bonds is 5. The number of aromatic nitrogens is 2. The number of ether oxygens (including phenoxy) is 1. The van der Waals surface area contributed by atoms with E-state index >= 15 is 0 Å². The van der Waals surface area contributed by atoms with Gasteiger partial charge in [0.25, 0.3) is 0 Å². The smallest absolute Gasteiger partial charge is 0.221 e. The van der Waals surface area contributed by atoms with Crippen LogP contribution < -0.4 is 10.5 Å². The third-order valence-electron chi connectivity index (χ3n) is 4.79. The van der Waals surface area contributed by atoms with Gasteiger partial charge in [-0.2, -0.15) is 0 Å². The summed E-state index contributed by atoms with van der Waals surface area (Å²) in [4.78, 5) is 20.0. The zero-order valence-corrected chi connectivity index (χ0v) is 13.3. The van der Waals surface area contributed by atoms with E-state index in [9.17, 15) is 9.18 Å². The van der Waals surface area contributed by atoms with Gasteiger partial charge in [0.2, 0.25) is 5.91 Å². The van der Waals surface area contributed by atoms with Crippen molar-refractivity contribution in [2.24, 2.45) is 23.0 Å². The van der Waals surface area contributed by atoms with Gasteiger partial charge in [0.1, 0.15) is 11.7 Å². The van der Waals surface area contributed by atoms with E-state index in [4.69, 9.17) is 10.5 Å². The monoisotopic (exact) mass is 317 g/mol. The first kappa shape index (κ1) is 15.6. The zero-order chi connectivity index (χ0) is 16.6. The van der Waals surface area contributed by atoms with Crippen LogP contribution in [-0.2, 0) is 4.79 Å². The fraction of sp³-hybridized carbons (Fsp3) is 0.471. The molecule has 1 amide bonds. The van der Waals surface area contributed by atoms with Crippen LogP contribution in [0.4, 0.5) is 4.39 Å². The summed E-state index contributed by atoms with van der Waals surface area (Å²) in [6, 6.07) is 0. The van der Waals surface area contributed by atoms with Gasteiger partial charge in [-0.05, 0) is 32.3 Å². The summed E-state index contributed by atoms with van der Waals surface area (Å²) in [5.74, 6) is 0.358. The lowest BCUT2D eigenvalue weighted by Crippen LogP contribution is -2.30. The molecule has 0 radical (unpaired) electrons. The molecule has 0 bridgehead atoms. The molecular weight excluding hydrogens is 297 g/mol. The first-order valence-electron chi connectivity index (χ1n) is 7.67. The minimum Gasteiger partial charge on any atom is -0.489 e. The van der Waals surface area contributed by atoms with Crippen LogP contribution in [0, 0.1) is 31.1 Å². The molecule has 1 saturated carbocycles. The molecule has 23 heavy (non-hydrogen) atoms. The van der Waals surface area contributed by atoms with Crippen LogP contribution in [0.5, 0.6) is 5.75 Å². The highest BCUT2D eigenvalue weighted by Gasteiger charge is 2.62. The van der Waals surface area contributed by atoms with Crippen LogP contribution in [0.1, 0.15) is 24.4 Å². The van der Waals surface area contributed by atoms with E-state index in [0.717, 1.165) is 5.69 Å². The average molecular weight is 317 g/mol. The number of allylic oxidation sites excluding steroid dienone is 4. The van der Waals surface area contributed by atoms with Crippen molar-refractivity contribution in [3.8, 4) is 5.75 Å². The number of nitrogens with zero attached hydrogens (tertiary/aromatic N) is 2. The van der Waals surface area contributed by atoms with Crippen LogP contribution in [0.2, 0.25) is 0 Å². The maximum absolute atomic E-state index is 13.6. The van der Waals surface area contributed by atoms with E-state index in [-0.39, 0.29) is 30.0 Å². The lowest BCUT2D eigenvalue weighted by Gasteiger charge is -2.27. The highest BCUT2D eigenvalue weighted by atomic mass is 19.1. The number of aryl methyl sites for hydroxylation is 2. The second-order valence-electron chi connectivity index (χ2n) is 6.36. The van der Waals surface area contributed by atoms with E-state index in [0.29, 0.717) is 24.6 Å². The first-order valence-corrected chi connectivity index (χ1v) is 7.67. The molecular formula is C17H20FN3O2. The van der Waals surface area contributed by atoms with Gasteiger partial charge in [-0.3, -0.25) is 4.79 Å². The Morgan fingerprint density at radius 2 is 2.30 bits per heavy atom. The molecule has 0 spiro atoms. The highest BCUT2D eigenvalue weighted by Crippen LogP contribution is 2.60. The lowest BCUT2D eigenvalue weighted by atomic mass is 9.82. The van der Waals surface area contributed by atoms with Crippen molar-refractivity contribution < 1.29 is 13.9 Å². The second kappa shape index (κ2) is 5.76. The SMILES string of the molecule is Cc1ncc(OC[C@@]2(C3C=CC=C(F)C3)C[C@H]2C(N)=O)c(C)n1. The van der Waals surface area contributed by atoms with E-state index in [1.165, 1.54) is 6.08 Å². The summed E-state index contributed by atoms with van der Waals surface area (Å²) in [7, 11) is 0. The Morgan fingerprint density at radius 3 is 2.91 bits per heavy atom. The molecule has 2 N–H and O–H groups in total. The summed E-state index contributed by atoms with van der Waals surface area (Å²) in [6.45, 7) is 3.96. The van der Waals surface area contributed by atoms with Gasteiger partial charge >= 0.3 is 0 Å². The topological polar surface area (TPSA) is 78.1 Å². The third-order valence-corrected chi connectivity index (χ3v) is 4.79. The number of carbonyl (C=O) groups is 1. The van der Waals surface area contributed by atoms with Crippen molar-refractivity contribution in [2.75, 3.05) is 6.61 Å². The van der Waals surface area contributed by atoms with Crippen molar-refractivity contribution in [1.82, 2.24) is 9.97 Å². The third kappa shape index (κ3) is 2.98. The van der Waals surface area contributed by atoms with Gasteiger partial charge in [-0.25, -0.2) is 14.4 Å². The van der Waals surface area contributed by atoms with Gasteiger partial charge in [0.05, 0.1) is 18.5 Å². The number of carbonyl (C=O) groups excluding carboxylic acids is 1. The van der Waals surface area contributed by atoms with Crippen LogP contribution in [-0.4, -0.2) is 22.5 Å². The number of amides is 1. The molecule has 0 aliphatic heterocycles. The molecule has 1 aromatic rings. The number of primary amides is 1. The second-order valence-corrected chi connectivity index (χ2v) is 6.36.